The Morgan fingerprint density at radius 1 is 1.37 bits per heavy atom. The number of benzene rings is 1. The number of rotatable bonds is 4. The summed E-state index contributed by atoms with van der Waals surface area (Å²) in [7, 11) is 1.72. The van der Waals surface area contributed by atoms with Crippen LogP contribution in [-0.4, -0.2) is 25.2 Å². The van der Waals surface area contributed by atoms with Gasteiger partial charge >= 0.3 is 0 Å². The molecule has 0 aromatic heterocycles. The number of anilines is 1. The molecule has 1 aliphatic heterocycles. The third-order valence-corrected chi connectivity index (χ3v) is 4.40. The van der Waals surface area contributed by atoms with Gasteiger partial charge in [-0.25, -0.2) is 0 Å². The minimum Gasteiger partial charge on any atom is -0.379 e. The fourth-order valence-corrected chi connectivity index (χ4v) is 2.81. The van der Waals surface area contributed by atoms with Crippen LogP contribution in [0, 0.1) is 3.57 Å². The van der Waals surface area contributed by atoms with E-state index in [1.165, 1.54) is 9.13 Å². The van der Waals surface area contributed by atoms with E-state index < -0.39 is 0 Å². The first-order valence-corrected chi connectivity index (χ1v) is 7.65. The molecule has 104 valence electrons. The number of ether oxygens (including phenoxy) is 1. The lowest BCUT2D eigenvalue weighted by Crippen LogP contribution is -2.39. The summed E-state index contributed by atoms with van der Waals surface area (Å²) < 4.78 is 6.66. The molecule has 0 fully saturated rings. The van der Waals surface area contributed by atoms with Gasteiger partial charge in [0.2, 0.25) is 5.91 Å². The lowest BCUT2D eigenvalue weighted by Gasteiger charge is -2.32. The molecule has 1 heterocycles. The number of carbonyl (C=O) groups is 1. The van der Waals surface area contributed by atoms with Gasteiger partial charge in [0.05, 0.1) is 5.60 Å². The van der Waals surface area contributed by atoms with Crippen molar-refractivity contribution in [2.75, 3.05) is 18.6 Å². The van der Waals surface area contributed by atoms with E-state index in [1.807, 2.05) is 4.90 Å². The molecular formula is C15H20INO2. The number of methoxy groups -OCH3 is 1. The molecule has 2 rings (SSSR count). The van der Waals surface area contributed by atoms with E-state index in [1.54, 1.807) is 7.11 Å². The molecule has 1 amide bonds. The maximum Gasteiger partial charge on any atom is 0.227 e. The molecule has 4 heteroatoms. The first-order valence-electron chi connectivity index (χ1n) is 6.57. The fraction of sp³-hybridized carbons (Fsp3) is 0.533. The summed E-state index contributed by atoms with van der Waals surface area (Å²) >= 11 is 2.31. The van der Waals surface area contributed by atoms with E-state index in [-0.39, 0.29) is 11.5 Å². The molecular weight excluding hydrogens is 353 g/mol. The second-order valence-corrected chi connectivity index (χ2v) is 6.78. The van der Waals surface area contributed by atoms with Crippen LogP contribution in [0.2, 0.25) is 0 Å². The van der Waals surface area contributed by atoms with Gasteiger partial charge < -0.3 is 9.64 Å². The Labute approximate surface area is 128 Å². The van der Waals surface area contributed by atoms with Crippen LogP contribution in [0.1, 0.15) is 32.3 Å². The van der Waals surface area contributed by atoms with Crippen LogP contribution >= 0.6 is 22.6 Å². The van der Waals surface area contributed by atoms with Crippen molar-refractivity contribution >= 4 is 34.2 Å². The Bertz CT molecular complexity index is 485. The van der Waals surface area contributed by atoms with Crippen molar-refractivity contribution in [1.29, 1.82) is 0 Å². The topological polar surface area (TPSA) is 29.5 Å². The standard InChI is InChI=1S/C15H20INO2/c1-15(2,19-3)8-9-17-13-6-5-12(16)10-11(13)4-7-14(17)18/h5-6,10H,4,7-9H2,1-3H3. The highest BCUT2D eigenvalue weighted by Crippen LogP contribution is 2.30. The molecule has 0 bridgehead atoms. The van der Waals surface area contributed by atoms with Gasteiger partial charge in [-0.05, 0) is 73.0 Å². The Morgan fingerprint density at radius 3 is 2.79 bits per heavy atom. The lowest BCUT2D eigenvalue weighted by atomic mass is 9.99. The number of hydrogen-bond donors (Lipinski definition) is 0. The van der Waals surface area contributed by atoms with Gasteiger partial charge in [-0.3, -0.25) is 4.79 Å². The second-order valence-electron chi connectivity index (χ2n) is 5.53. The summed E-state index contributed by atoms with van der Waals surface area (Å²) in [5.41, 5.74) is 2.16. The molecule has 1 aromatic rings. The number of aryl methyl sites for hydroxylation is 1. The van der Waals surface area contributed by atoms with Crippen LogP contribution in [0.15, 0.2) is 18.2 Å². The Hall–Kier alpha value is -0.620. The maximum atomic E-state index is 12.1. The molecule has 1 aliphatic rings. The van der Waals surface area contributed by atoms with Gasteiger partial charge in [0.15, 0.2) is 0 Å². The van der Waals surface area contributed by atoms with Crippen LogP contribution in [0.25, 0.3) is 0 Å². The van der Waals surface area contributed by atoms with Gasteiger partial charge in [0, 0.05) is 29.3 Å². The first kappa shape index (κ1) is 14.8. The molecule has 0 atom stereocenters. The third-order valence-electron chi connectivity index (χ3n) is 3.73. The van der Waals surface area contributed by atoms with Crippen molar-refractivity contribution in [3.8, 4) is 0 Å². The molecule has 0 N–H and O–H groups in total. The highest BCUT2D eigenvalue weighted by Gasteiger charge is 2.26. The van der Waals surface area contributed by atoms with Gasteiger partial charge in [0.25, 0.3) is 0 Å². The third kappa shape index (κ3) is 3.48. The monoisotopic (exact) mass is 373 g/mol. The van der Waals surface area contributed by atoms with E-state index >= 15 is 0 Å². The molecule has 19 heavy (non-hydrogen) atoms. The van der Waals surface area contributed by atoms with Crippen molar-refractivity contribution in [1.82, 2.24) is 0 Å². The zero-order chi connectivity index (χ0) is 14.0. The molecule has 0 unspecified atom stereocenters. The predicted octanol–water partition coefficient (Wildman–Crippen LogP) is 3.39. The smallest absolute Gasteiger partial charge is 0.227 e. The van der Waals surface area contributed by atoms with Gasteiger partial charge in [-0.2, -0.15) is 0 Å². The van der Waals surface area contributed by atoms with Crippen molar-refractivity contribution in [2.45, 2.75) is 38.7 Å². The Balaban J connectivity index is 2.19. The quantitative estimate of drug-likeness (QED) is 0.758. The summed E-state index contributed by atoms with van der Waals surface area (Å²) in [6.45, 7) is 4.82. The van der Waals surface area contributed by atoms with E-state index in [0.717, 1.165) is 18.5 Å². The number of nitrogens with zero attached hydrogens (tertiary/aromatic N) is 1. The van der Waals surface area contributed by atoms with Crippen LogP contribution in [0.5, 0.6) is 0 Å². The number of carbonyl (C=O) groups excluding carboxylic acids is 1. The maximum absolute atomic E-state index is 12.1. The summed E-state index contributed by atoms with van der Waals surface area (Å²) in [6, 6.07) is 6.30. The van der Waals surface area contributed by atoms with Crippen LogP contribution in [-0.2, 0) is 16.0 Å². The van der Waals surface area contributed by atoms with E-state index in [2.05, 4.69) is 54.6 Å². The zero-order valence-corrected chi connectivity index (χ0v) is 13.9. The predicted molar refractivity (Wildman–Crippen MR) is 85.5 cm³/mol. The van der Waals surface area contributed by atoms with Crippen molar-refractivity contribution in [3.63, 3.8) is 0 Å². The van der Waals surface area contributed by atoms with Gasteiger partial charge in [-0.15, -0.1) is 0 Å². The largest absolute Gasteiger partial charge is 0.379 e. The summed E-state index contributed by atoms with van der Waals surface area (Å²) in [5, 5.41) is 0. The molecule has 0 radical (unpaired) electrons. The summed E-state index contributed by atoms with van der Waals surface area (Å²) in [6.07, 6.45) is 2.30. The summed E-state index contributed by atoms with van der Waals surface area (Å²) in [4.78, 5) is 14.0. The molecule has 0 saturated carbocycles. The Morgan fingerprint density at radius 2 is 2.11 bits per heavy atom. The number of fused-ring (bicyclic) bond motifs is 1. The van der Waals surface area contributed by atoms with E-state index in [4.69, 9.17) is 4.74 Å². The van der Waals surface area contributed by atoms with Crippen LogP contribution < -0.4 is 4.90 Å². The molecule has 3 nitrogen and oxygen atoms in total. The Kier molecular flexibility index (Phi) is 4.50. The molecule has 1 aromatic carbocycles. The number of halogens is 1. The highest BCUT2D eigenvalue weighted by molar-refractivity contribution is 14.1. The second kappa shape index (κ2) is 5.79. The average molecular weight is 373 g/mol. The molecule has 0 spiro atoms. The lowest BCUT2D eigenvalue weighted by molar-refractivity contribution is -0.119. The van der Waals surface area contributed by atoms with Gasteiger partial charge in [-0.1, -0.05) is 0 Å². The van der Waals surface area contributed by atoms with E-state index in [9.17, 15) is 4.79 Å². The van der Waals surface area contributed by atoms with Crippen molar-refractivity contribution in [2.24, 2.45) is 0 Å². The normalized spacial score (nSPS) is 15.6. The van der Waals surface area contributed by atoms with E-state index in [0.29, 0.717) is 13.0 Å². The molecule has 0 saturated heterocycles. The molecule has 0 aliphatic carbocycles. The highest BCUT2D eigenvalue weighted by atomic mass is 127. The number of amides is 1. The minimum absolute atomic E-state index is 0.193. The first-order chi connectivity index (χ1) is 8.93. The fourth-order valence-electron chi connectivity index (χ4n) is 2.26. The minimum atomic E-state index is -0.193. The SMILES string of the molecule is COC(C)(C)CCN1C(=O)CCc2cc(I)ccc21. The van der Waals surface area contributed by atoms with Crippen LogP contribution in [0.4, 0.5) is 5.69 Å². The van der Waals surface area contributed by atoms with Crippen molar-refractivity contribution in [3.05, 3.63) is 27.3 Å². The van der Waals surface area contributed by atoms with Gasteiger partial charge in [0.1, 0.15) is 0 Å². The van der Waals surface area contributed by atoms with Crippen LogP contribution in [0.3, 0.4) is 0 Å². The number of hydrogen-bond acceptors (Lipinski definition) is 2. The van der Waals surface area contributed by atoms with Crippen molar-refractivity contribution < 1.29 is 9.53 Å². The summed E-state index contributed by atoms with van der Waals surface area (Å²) in [5.74, 6) is 0.223. The zero-order valence-electron chi connectivity index (χ0n) is 11.7. The average Bonchev–Trinajstić information content (AvgIpc) is 2.38.